The molecular formula is C13H18FNO3. The highest BCUT2D eigenvalue weighted by atomic mass is 19.1. The Kier molecular flexibility index (Phi) is 6.98. The van der Waals surface area contributed by atoms with E-state index in [1.54, 1.807) is 25.1 Å². The van der Waals surface area contributed by atoms with Crippen LogP contribution in [0.15, 0.2) is 24.3 Å². The van der Waals surface area contributed by atoms with Gasteiger partial charge in [0.25, 0.3) is 0 Å². The van der Waals surface area contributed by atoms with Crippen molar-refractivity contribution in [1.29, 1.82) is 0 Å². The number of hydrogen-bond donors (Lipinski definition) is 1. The number of carbonyl (C=O) groups is 1. The maximum absolute atomic E-state index is 13.2. The minimum atomic E-state index is -0.369. The van der Waals surface area contributed by atoms with E-state index in [1.165, 1.54) is 6.07 Å². The number of carbonyl (C=O) groups excluding carboxylic acids is 1. The van der Waals surface area contributed by atoms with Gasteiger partial charge >= 0.3 is 5.97 Å². The third-order valence-electron chi connectivity index (χ3n) is 2.22. The molecule has 1 N–H and O–H groups in total. The smallest absolute Gasteiger partial charge is 0.332 e. The predicted octanol–water partition coefficient (Wildman–Crippen LogP) is 1.49. The van der Waals surface area contributed by atoms with Crippen molar-refractivity contribution >= 4 is 5.97 Å². The van der Waals surface area contributed by atoms with Gasteiger partial charge < -0.3 is 14.8 Å². The number of halogens is 1. The number of esters is 1. The first-order valence-corrected chi connectivity index (χ1v) is 5.91. The molecular weight excluding hydrogens is 237 g/mol. The van der Waals surface area contributed by atoms with E-state index in [4.69, 9.17) is 9.47 Å². The molecule has 18 heavy (non-hydrogen) atoms. The summed E-state index contributed by atoms with van der Waals surface area (Å²) in [5, 5.41) is 3.03. The summed E-state index contributed by atoms with van der Waals surface area (Å²) in [7, 11) is 0. The lowest BCUT2D eigenvalue weighted by Crippen LogP contribution is -2.22. The van der Waals surface area contributed by atoms with Crippen molar-refractivity contribution in [2.45, 2.75) is 13.5 Å². The minimum absolute atomic E-state index is 0.0464. The summed E-state index contributed by atoms with van der Waals surface area (Å²) in [6.45, 7) is 3.42. The lowest BCUT2D eigenvalue weighted by molar-refractivity contribution is -0.148. The van der Waals surface area contributed by atoms with Gasteiger partial charge in [0.15, 0.2) is 0 Å². The van der Waals surface area contributed by atoms with Crippen LogP contribution in [0.5, 0.6) is 0 Å². The number of nitrogens with one attached hydrogen (secondary N) is 1. The first kappa shape index (κ1) is 14.6. The largest absolute Gasteiger partial charge is 0.464 e. The molecule has 0 aliphatic carbocycles. The number of hydrogen-bond acceptors (Lipinski definition) is 4. The van der Waals surface area contributed by atoms with Crippen molar-refractivity contribution in [3.63, 3.8) is 0 Å². The van der Waals surface area contributed by atoms with Crippen molar-refractivity contribution in [2.24, 2.45) is 0 Å². The molecule has 0 unspecified atom stereocenters. The van der Waals surface area contributed by atoms with Crippen molar-refractivity contribution < 1.29 is 18.7 Å². The number of ether oxygens (including phenoxy) is 2. The van der Waals surface area contributed by atoms with Gasteiger partial charge in [0.05, 0.1) is 13.2 Å². The van der Waals surface area contributed by atoms with Crippen LogP contribution in [0, 0.1) is 5.82 Å². The maximum atomic E-state index is 13.2. The minimum Gasteiger partial charge on any atom is -0.464 e. The zero-order valence-corrected chi connectivity index (χ0v) is 10.4. The fourth-order valence-corrected chi connectivity index (χ4v) is 1.37. The van der Waals surface area contributed by atoms with E-state index in [-0.39, 0.29) is 18.4 Å². The van der Waals surface area contributed by atoms with Crippen molar-refractivity contribution in [3.05, 3.63) is 35.6 Å². The summed E-state index contributed by atoms with van der Waals surface area (Å²) in [5.41, 5.74) is 0.614. The van der Waals surface area contributed by atoms with E-state index < -0.39 is 0 Å². The van der Waals surface area contributed by atoms with Crippen molar-refractivity contribution in [1.82, 2.24) is 5.32 Å². The van der Waals surface area contributed by atoms with Crippen molar-refractivity contribution in [2.75, 3.05) is 26.4 Å². The molecule has 0 bridgehead atoms. The molecule has 0 spiro atoms. The van der Waals surface area contributed by atoms with Crippen LogP contribution in [0.1, 0.15) is 12.5 Å². The van der Waals surface area contributed by atoms with E-state index in [2.05, 4.69) is 5.32 Å². The summed E-state index contributed by atoms with van der Waals surface area (Å²) in [6, 6.07) is 6.59. The topological polar surface area (TPSA) is 47.6 Å². The van der Waals surface area contributed by atoms with Gasteiger partial charge in [0.1, 0.15) is 12.4 Å². The highest BCUT2D eigenvalue weighted by Crippen LogP contribution is 2.04. The first-order valence-electron chi connectivity index (χ1n) is 5.91. The zero-order chi connectivity index (χ0) is 13.2. The molecule has 0 heterocycles. The Hall–Kier alpha value is -1.46. The third kappa shape index (κ3) is 5.75. The standard InChI is InChI=1S/C13H18FNO3/c1-2-18-13(16)10-17-8-7-15-9-11-5-3-4-6-12(11)14/h3-6,15H,2,7-10H2,1H3. The number of rotatable bonds is 8. The SMILES string of the molecule is CCOC(=O)COCCNCc1ccccc1F. The van der Waals surface area contributed by atoms with Crippen molar-refractivity contribution in [3.8, 4) is 0 Å². The second-order valence-electron chi connectivity index (χ2n) is 3.63. The third-order valence-corrected chi connectivity index (χ3v) is 2.22. The summed E-state index contributed by atoms with van der Waals surface area (Å²) in [5.74, 6) is -0.593. The average Bonchev–Trinajstić information content (AvgIpc) is 2.36. The second-order valence-corrected chi connectivity index (χ2v) is 3.63. The molecule has 0 radical (unpaired) electrons. The Morgan fingerprint density at radius 1 is 1.39 bits per heavy atom. The molecule has 1 aromatic carbocycles. The quantitative estimate of drug-likeness (QED) is 0.565. The van der Waals surface area contributed by atoms with Gasteiger partial charge in [0, 0.05) is 18.7 Å². The Morgan fingerprint density at radius 2 is 2.17 bits per heavy atom. The molecule has 0 amide bonds. The van der Waals surface area contributed by atoms with E-state index in [9.17, 15) is 9.18 Å². The molecule has 1 aromatic rings. The number of benzene rings is 1. The fraction of sp³-hybridized carbons (Fsp3) is 0.462. The van der Waals surface area contributed by atoms with E-state index in [0.29, 0.717) is 31.9 Å². The van der Waals surface area contributed by atoms with Crippen LogP contribution in [0.2, 0.25) is 0 Å². The van der Waals surface area contributed by atoms with Gasteiger partial charge in [-0.15, -0.1) is 0 Å². The van der Waals surface area contributed by atoms with Crippen LogP contribution in [0.4, 0.5) is 4.39 Å². The summed E-state index contributed by atoms with van der Waals surface area (Å²) >= 11 is 0. The van der Waals surface area contributed by atoms with Gasteiger partial charge in [-0.1, -0.05) is 18.2 Å². The van der Waals surface area contributed by atoms with Crippen LogP contribution in [0.25, 0.3) is 0 Å². The monoisotopic (exact) mass is 255 g/mol. The van der Waals surface area contributed by atoms with Crippen LogP contribution in [-0.4, -0.2) is 32.3 Å². The summed E-state index contributed by atoms with van der Waals surface area (Å²) in [6.07, 6.45) is 0. The predicted molar refractivity (Wildman–Crippen MR) is 65.6 cm³/mol. The Morgan fingerprint density at radius 3 is 2.89 bits per heavy atom. The molecule has 0 aliphatic heterocycles. The van der Waals surface area contributed by atoms with Crippen LogP contribution < -0.4 is 5.32 Å². The van der Waals surface area contributed by atoms with Gasteiger partial charge in [-0.2, -0.15) is 0 Å². The zero-order valence-electron chi connectivity index (χ0n) is 10.4. The normalized spacial score (nSPS) is 10.3. The molecule has 4 nitrogen and oxygen atoms in total. The van der Waals surface area contributed by atoms with E-state index in [0.717, 1.165) is 0 Å². The molecule has 0 aliphatic rings. The maximum Gasteiger partial charge on any atom is 0.332 e. The summed E-state index contributed by atoms with van der Waals surface area (Å²) < 4.78 is 23.0. The lowest BCUT2D eigenvalue weighted by Gasteiger charge is -2.06. The fourth-order valence-electron chi connectivity index (χ4n) is 1.37. The Labute approximate surface area is 106 Å². The molecule has 5 heteroatoms. The molecule has 0 saturated carbocycles. The molecule has 0 atom stereocenters. The molecule has 0 aromatic heterocycles. The highest BCUT2D eigenvalue weighted by Gasteiger charge is 2.01. The van der Waals surface area contributed by atoms with Gasteiger partial charge in [-0.3, -0.25) is 0 Å². The average molecular weight is 255 g/mol. The molecule has 100 valence electrons. The highest BCUT2D eigenvalue weighted by molar-refractivity contribution is 5.70. The molecule has 1 rings (SSSR count). The Bertz CT molecular complexity index is 371. The second kappa shape index (κ2) is 8.60. The first-order chi connectivity index (χ1) is 8.74. The van der Waals surface area contributed by atoms with Gasteiger partial charge in [0.2, 0.25) is 0 Å². The van der Waals surface area contributed by atoms with Crippen LogP contribution in [-0.2, 0) is 20.8 Å². The lowest BCUT2D eigenvalue weighted by atomic mass is 10.2. The van der Waals surface area contributed by atoms with Crippen LogP contribution in [0.3, 0.4) is 0 Å². The van der Waals surface area contributed by atoms with Crippen LogP contribution >= 0.6 is 0 Å². The van der Waals surface area contributed by atoms with Gasteiger partial charge in [-0.05, 0) is 13.0 Å². The molecule has 0 saturated heterocycles. The molecule has 0 fully saturated rings. The summed E-state index contributed by atoms with van der Waals surface area (Å²) in [4.78, 5) is 10.9. The Balaban J connectivity index is 2.06. The van der Waals surface area contributed by atoms with E-state index in [1.807, 2.05) is 0 Å². The van der Waals surface area contributed by atoms with E-state index >= 15 is 0 Å². The van der Waals surface area contributed by atoms with Gasteiger partial charge in [-0.25, -0.2) is 9.18 Å².